The number of aromatic amines is 1. The van der Waals surface area contributed by atoms with Crippen LogP contribution in [0.1, 0.15) is 67.5 Å². The number of rotatable bonds is 12. The van der Waals surface area contributed by atoms with Gasteiger partial charge in [-0.2, -0.15) is 5.21 Å². The summed E-state index contributed by atoms with van der Waals surface area (Å²) >= 11 is 1.34. The molecule has 0 radical (unpaired) electrons. The second-order valence-electron chi connectivity index (χ2n) is 13.8. The molecule has 1 aliphatic heterocycles. The Balaban J connectivity index is 1.35. The number of tetrazole rings is 1. The Bertz CT molecular complexity index is 1930. The Labute approximate surface area is 292 Å². The van der Waals surface area contributed by atoms with E-state index in [0.717, 1.165) is 5.69 Å². The van der Waals surface area contributed by atoms with Gasteiger partial charge in [-0.25, -0.2) is 19.6 Å². The third kappa shape index (κ3) is 9.26. The molecule has 18 heteroatoms. The van der Waals surface area contributed by atoms with Gasteiger partial charge in [0.1, 0.15) is 17.6 Å². The number of carbonyl (C=O) groups is 3. The van der Waals surface area contributed by atoms with Gasteiger partial charge in [-0.05, 0) is 42.3 Å². The summed E-state index contributed by atoms with van der Waals surface area (Å²) in [6.07, 6.45) is 5.42. The number of carboxylic acid groups (broad SMARTS) is 1. The molecule has 2 amide bonds. The predicted octanol–water partition coefficient (Wildman–Crippen LogP) is 2.63. The first-order valence-electron chi connectivity index (χ1n) is 16.2. The summed E-state index contributed by atoms with van der Waals surface area (Å²) in [5, 5.41) is 30.9. The largest absolute Gasteiger partial charge is 0.477 e. The molecule has 0 spiro atoms. The molecule has 5 heterocycles. The number of quaternary nitrogens is 1. The maximum Gasteiger partial charge on any atom is 0.407 e. The van der Waals surface area contributed by atoms with Gasteiger partial charge in [0, 0.05) is 42.1 Å². The van der Waals surface area contributed by atoms with Gasteiger partial charge in [-0.15, -0.1) is 21.5 Å². The van der Waals surface area contributed by atoms with Crippen LogP contribution in [-0.4, -0.2) is 115 Å². The number of ether oxygens (including phenoxy) is 1. The van der Waals surface area contributed by atoms with Crippen molar-refractivity contribution in [2.45, 2.75) is 51.6 Å². The van der Waals surface area contributed by atoms with Crippen LogP contribution in [0.3, 0.4) is 0 Å². The van der Waals surface area contributed by atoms with Gasteiger partial charge >= 0.3 is 12.1 Å². The summed E-state index contributed by atoms with van der Waals surface area (Å²) in [4.78, 5) is 62.2. The second kappa shape index (κ2) is 15.1. The van der Waals surface area contributed by atoms with Crippen molar-refractivity contribution in [1.29, 1.82) is 0 Å². The number of aromatic nitrogens is 7. The lowest BCUT2D eigenvalue weighted by molar-refractivity contribution is -0.883. The lowest BCUT2D eigenvalue weighted by atomic mass is 9.93. The highest BCUT2D eigenvalue weighted by Gasteiger charge is 2.27. The van der Waals surface area contributed by atoms with Crippen molar-refractivity contribution < 1.29 is 28.7 Å². The van der Waals surface area contributed by atoms with Crippen molar-refractivity contribution >= 4 is 58.1 Å². The highest BCUT2D eigenvalue weighted by molar-refractivity contribution is 7.14. The van der Waals surface area contributed by atoms with Crippen LogP contribution < -0.4 is 21.1 Å². The van der Waals surface area contributed by atoms with Crippen molar-refractivity contribution in [3.63, 3.8) is 0 Å². The standard InChI is InChI=1S/C32H41N11O6S/c1-32(2,3)23-19-50-30(34-23)36-28(46)20-11-14-42-25(16-20)35-27(22(29(42)47)9-10-24-37-39-40-38-24)41-13-6-8-21(17-41)49-31(48)33-12-7-15-43(4,5)18-26(44)45/h9-11,14,16,19,21H,6-8,12-13,15,17-18H2,1-5H3,(H3-,33,34,36,37,38,39,40,44,45,46,48)/p+1/t21-/m1/s1. The van der Waals surface area contributed by atoms with E-state index in [1.54, 1.807) is 24.3 Å². The first-order chi connectivity index (χ1) is 23.7. The molecular weight excluding hydrogens is 666 g/mol. The number of nitrogens with one attached hydrogen (secondary N) is 3. The Kier molecular flexibility index (Phi) is 10.9. The van der Waals surface area contributed by atoms with Crippen LogP contribution in [0.2, 0.25) is 0 Å². The Hall–Kier alpha value is -5.23. The van der Waals surface area contributed by atoms with E-state index in [-0.39, 0.29) is 47.0 Å². The van der Waals surface area contributed by atoms with E-state index in [2.05, 4.69) is 36.2 Å². The van der Waals surface area contributed by atoms with Gasteiger partial charge in [0.2, 0.25) is 0 Å². The van der Waals surface area contributed by atoms with E-state index in [1.165, 1.54) is 21.9 Å². The van der Waals surface area contributed by atoms with Crippen LogP contribution >= 0.6 is 11.3 Å². The Morgan fingerprint density at radius 2 is 2.02 bits per heavy atom. The van der Waals surface area contributed by atoms with Gasteiger partial charge < -0.3 is 24.5 Å². The number of anilines is 2. The van der Waals surface area contributed by atoms with Crippen molar-refractivity contribution in [2.24, 2.45) is 0 Å². The van der Waals surface area contributed by atoms with Gasteiger partial charge in [-0.3, -0.25) is 19.3 Å². The van der Waals surface area contributed by atoms with E-state index in [9.17, 15) is 19.2 Å². The molecule has 4 N–H and O–H groups in total. The minimum absolute atomic E-state index is 0.0133. The van der Waals surface area contributed by atoms with Crippen LogP contribution in [0.4, 0.5) is 15.7 Å². The number of piperidine rings is 1. The maximum atomic E-state index is 13.9. The topological polar surface area (TPSA) is 210 Å². The van der Waals surface area contributed by atoms with Crippen LogP contribution in [0, 0.1) is 0 Å². The smallest absolute Gasteiger partial charge is 0.407 e. The molecule has 0 bridgehead atoms. The number of nitrogens with zero attached hydrogens (tertiary/aromatic N) is 8. The number of pyridine rings is 1. The number of H-pyrrole nitrogens is 1. The molecule has 266 valence electrons. The number of carbonyl (C=O) groups excluding carboxylic acids is 2. The molecular formula is C32H42N11O6S+. The molecule has 1 fully saturated rings. The number of hydrogen-bond donors (Lipinski definition) is 4. The fraction of sp³-hybridized carbons (Fsp3) is 0.469. The number of alkyl carbamates (subject to hydrolysis) is 1. The molecule has 4 aromatic heterocycles. The van der Waals surface area contributed by atoms with E-state index in [4.69, 9.17) is 14.8 Å². The minimum Gasteiger partial charge on any atom is -0.477 e. The summed E-state index contributed by atoms with van der Waals surface area (Å²) < 4.78 is 7.39. The molecule has 0 aliphatic carbocycles. The zero-order chi connectivity index (χ0) is 36.1. The number of thiazole rings is 1. The van der Waals surface area contributed by atoms with Crippen LogP contribution in [0.5, 0.6) is 0 Å². The van der Waals surface area contributed by atoms with Gasteiger partial charge in [0.25, 0.3) is 11.5 Å². The molecule has 1 atom stereocenters. The molecule has 0 aromatic carbocycles. The van der Waals surface area contributed by atoms with E-state index < -0.39 is 18.2 Å². The first kappa shape index (κ1) is 36.1. The van der Waals surface area contributed by atoms with Gasteiger partial charge in [0.05, 0.1) is 38.4 Å². The highest BCUT2D eigenvalue weighted by atomic mass is 32.1. The average Bonchev–Trinajstić information content (AvgIpc) is 3.75. The molecule has 50 heavy (non-hydrogen) atoms. The fourth-order valence-corrected chi connectivity index (χ4v) is 6.41. The van der Waals surface area contributed by atoms with Crippen LogP contribution in [0.25, 0.3) is 17.8 Å². The van der Waals surface area contributed by atoms with E-state index in [1.807, 2.05) is 45.1 Å². The second-order valence-corrected chi connectivity index (χ2v) is 14.6. The normalized spacial score (nSPS) is 15.4. The molecule has 0 unspecified atom stereocenters. The van der Waals surface area contributed by atoms with Gasteiger partial charge in [-0.1, -0.05) is 20.8 Å². The average molecular weight is 709 g/mol. The lowest BCUT2D eigenvalue weighted by Gasteiger charge is -2.34. The fourth-order valence-electron chi connectivity index (χ4n) is 5.47. The van der Waals surface area contributed by atoms with Gasteiger partial charge in [0.15, 0.2) is 17.5 Å². The Morgan fingerprint density at radius 1 is 1.22 bits per heavy atom. The number of likely N-dealkylation sites (N-methyl/N-ethyl adjacent to an activating group) is 1. The third-order valence-corrected chi connectivity index (χ3v) is 8.84. The summed E-state index contributed by atoms with van der Waals surface area (Å²) in [6, 6.07) is 3.10. The SMILES string of the molecule is CC(C)(C)c1csc(NC(=O)c2ccn3c(=O)c(C=Cc4nn[nH]n4)c(N4CCC[C@@H](OC(=O)NCCC[N+](C)(C)CC(=O)O)C4)nc3c2)n1. The zero-order valence-electron chi connectivity index (χ0n) is 28.7. The number of hydrogen-bond acceptors (Lipinski definition) is 12. The van der Waals surface area contributed by atoms with Crippen LogP contribution in [-0.2, 0) is 14.9 Å². The van der Waals surface area contributed by atoms with E-state index in [0.29, 0.717) is 59.9 Å². The maximum absolute atomic E-state index is 13.9. The number of carboxylic acids is 1. The van der Waals surface area contributed by atoms with Crippen molar-refractivity contribution in [1.82, 2.24) is 40.3 Å². The molecule has 0 saturated carbocycles. The number of fused-ring (bicyclic) bond motifs is 1. The van der Waals surface area contributed by atoms with Crippen molar-refractivity contribution in [2.75, 3.05) is 57.0 Å². The quantitative estimate of drug-likeness (QED) is 0.124. The first-order valence-corrected chi connectivity index (χ1v) is 17.0. The summed E-state index contributed by atoms with van der Waals surface area (Å²) in [5.41, 5.74) is 1.14. The Morgan fingerprint density at radius 3 is 2.72 bits per heavy atom. The molecule has 5 rings (SSSR count). The minimum atomic E-state index is -0.881. The monoisotopic (exact) mass is 708 g/mol. The third-order valence-electron chi connectivity index (χ3n) is 8.09. The summed E-state index contributed by atoms with van der Waals surface area (Å²) in [6.45, 7) is 7.85. The number of aliphatic carboxylic acids is 1. The molecule has 17 nitrogen and oxygen atoms in total. The summed E-state index contributed by atoms with van der Waals surface area (Å²) in [7, 11) is 3.64. The highest BCUT2D eigenvalue weighted by Crippen LogP contribution is 2.27. The lowest BCUT2D eigenvalue weighted by Crippen LogP contribution is -2.46. The summed E-state index contributed by atoms with van der Waals surface area (Å²) in [5.74, 6) is -0.644. The zero-order valence-corrected chi connectivity index (χ0v) is 29.5. The molecule has 1 aliphatic rings. The van der Waals surface area contributed by atoms with E-state index >= 15 is 0 Å². The molecule has 1 saturated heterocycles. The van der Waals surface area contributed by atoms with Crippen molar-refractivity contribution in [3.8, 4) is 0 Å². The van der Waals surface area contributed by atoms with Crippen molar-refractivity contribution in [3.05, 3.63) is 56.7 Å². The molecule has 4 aromatic rings. The predicted molar refractivity (Wildman–Crippen MR) is 187 cm³/mol. The number of amides is 2. The van der Waals surface area contributed by atoms with Crippen LogP contribution in [0.15, 0.2) is 28.5 Å².